The molecule has 0 spiro atoms. The van der Waals surface area contributed by atoms with E-state index in [1.165, 1.54) is 4.90 Å². The van der Waals surface area contributed by atoms with Gasteiger partial charge in [-0.2, -0.15) is 0 Å². The Balaban J connectivity index is 2.30. The minimum atomic E-state index is -0.965. The van der Waals surface area contributed by atoms with Crippen molar-refractivity contribution in [2.75, 3.05) is 31.2 Å². The number of rotatable bonds is 5. The van der Waals surface area contributed by atoms with Crippen LogP contribution >= 0.6 is 0 Å². The Hall–Kier alpha value is -1.63. The normalized spacial score (nSPS) is 15.9. The SMILES string of the molecule is NCCc1ccc2c(c1)N(CC(O)CO)C(=O)CO2. The van der Waals surface area contributed by atoms with E-state index in [9.17, 15) is 9.90 Å². The first kappa shape index (κ1) is 13.8. The topological polar surface area (TPSA) is 96.0 Å². The Labute approximate surface area is 111 Å². The maximum Gasteiger partial charge on any atom is 0.265 e. The van der Waals surface area contributed by atoms with Crippen molar-refractivity contribution < 1.29 is 19.7 Å². The number of nitrogens with two attached hydrogens (primary N) is 1. The van der Waals surface area contributed by atoms with Crippen LogP contribution in [0.4, 0.5) is 5.69 Å². The number of carbonyl (C=O) groups is 1. The van der Waals surface area contributed by atoms with Crippen LogP contribution in [0.5, 0.6) is 5.75 Å². The summed E-state index contributed by atoms with van der Waals surface area (Å²) in [4.78, 5) is 13.3. The van der Waals surface area contributed by atoms with Crippen molar-refractivity contribution in [1.82, 2.24) is 0 Å². The third kappa shape index (κ3) is 3.04. The van der Waals surface area contributed by atoms with Crippen molar-refractivity contribution in [3.63, 3.8) is 0 Å². The molecule has 0 saturated heterocycles. The molecule has 0 aliphatic carbocycles. The zero-order valence-electron chi connectivity index (χ0n) is 10.6. The zero-order valence-corrected chi connectivity index (χ0v) is 10.6. The molecule has 1 unspecified atom stereocenters. The highest BCUT2D eigenvalue weighted by Gasteiger charge is 2.27. The van der Waals surface area contributed by atoms with Crippen LogP contribution in [0.15, 0.2) is 18.2 Å². The summed E-state index contributed by atoms with van der Waals surface area (Å²) in [6, 6.07) is 5.54. The lowest BCUT2D eigenvalue weighted by Crippen LogP contribution is -2.44. The lowest BCUT2D eigenvalue weighted by atomic mass is 10.1. The van der Waals surface area contributed by atoms with E-state index in [4.69, 9.17) is 15.6 Å². The predicted octanol–water partition coefficient (Wildman–Crippen LogP) is -0.734. The second kappa shape index (κ2) is 6.01. The molecule has 0 saturated carbocycles. The molecule has 6 nitrogen and oxygen atoms in total. The van der Waals surface area contributed by atoms with Crippen LogP contribution in [0.3, 0.4) is 0 Å². The number of aliphatic hydroxyl groups excluding tert-OH is 2. The summed E-state index contributed by atoms with van der Waals surface area (Å²) in [6.45, 7) is 0.133. The first-order chi connectivity index (χ1) is 9.15. The Bertz CT molecular complexity index is 464. The van der Waals surface area contributed by atoms with Crippen LogP contribution in [-0.4, -0.2) is 48.5 Å². The van der Waals surface area contributed by atoms with Gasteiger partial charge in [0.15, 0.2) is 6.61 Å². The highest BCUT2D eigenvalue weighted by Crippen LogP contribution is 2.33. The number of amides is 1. The van der Waals surface area contributed by atoms with Gasteiger partial charge >= 0.3 is 0 Å². The monoisotopic (exact) mass is 266 g/mol. The average Bonchev–Trinajstić information content (AvgIpc) is 2.42. The first-order valence-corrected chi connectivity index (χ1v) is 6.20. The van der Waals surface area contributed by atoms with Gasteiger partial charge in [0, 0.05) is 0 Å². The van der Waals surface area contributed by atoms with Crippen LogP contribution in [0.1, 0.15) is 5.56 Å². The van der Waals surface area contributed by atoms with Gasteiger partial charge in [0.1, 0.15) is 5.75 Å². The van der Waals surface area contributed by atoms with E-state index in [0.717, 1.165) is 5.56 Å². The van der Waals surface area contributed by atoms with Gasteiger partial charge in [-0.05, 0) is 30.7 Å². The molecule has 2 rings (SSSR count). The van der Waals surface area contributed by atoms with Gasteiger partial charge in [-0.1, -0.05) is 6.07 Å². The maximum absolute atomic E-state index is 11.9. The van der Waals surface area contributed by atoms with Crippen LogP contribution in [0, 0.1) is 0 Å². The number of β-amino-alcohol motifs (C(OH)–C–C–N with tert-alkyl or cyclic N) is 1. The summed E-state index contributed by atoms with van der Waals surface area (Å²) in [6.07, 6.45) is -0.259. The predicted molar refractivity (Wildman–Crippen MR) is 70.1 cm³/mol. The van der Waals surface area contributed by atoms with E-state index in [1.807, 2.05) is 12.1 Å². The average molecular weight is 266 g/mol. The number of hydrogen-bond acceptors (Lipinski definition) is 5. The van der Waals surface area contributed by atoms with E-state index in [2.05, 4.69) is 0 Å². The number of benzene rings is 1. The highest BCUT2D eigenvalue weighted by atomic mass is 16.5. The van der Waals surface area contributed by atoms with Crippen LogP contribution < -0.4 is 15.4 Å². The summed E-state index contributed by atoms with van der Waals surface area (Å²) < 4.78 is 5.35. The van der Waals surface area contributed by atoms with Gasteiger partial charge in [-0.3, -0.25) is 4.79 Å². The van der Waals surface area contributed by atoms with E-state index >= 15 is 0 Å². The molecule has 1 amide bonds. The van der Waals surface area contributed by atoms with Crippen molar-refractivity contribution in [3.05, 3.63) is 23.8 Å². The van der Waals surface area contributed by atoms with Crippen LogP contribution in [0.25, 0.3) is 0 Å². The van der Waals surface area contributed by atoms with Gasteiger partial charge in [0.2, 0.25) is 0 Å². The molecular weight excluding hydrogens is 248 g/mol. The number of carbonyl (C=O) groups excluding carboxylic acids is 1. The number of hydrogen-bond donors (Lipinski definition) is 3. The van der Waals surface area contributed by atoms with Gasteiger partial charge in [-0.25, -0.2) is 0 Å². The highest BCUT2D eigenvalue weighted by molar-refractivity contribution is 5.98. The number of anilines is 1. The van der Waals surface area contributed by atoms with Crippen molar-refractivity contribution in [2.45, 2.75) is 12.5 Å². The molecule has 1 aromatic rings. The first-order valence-electron chi connectivity index (χ1n) is 6.20. The molecule has 1 aliphatic heterocycles. The fraction of sp³-hybridized carbons (Fsp3) is 0.462. The minimum absolute atomic E-state index is 0.0533. The molecule has 6 heteroatoms. The number of fused-ring (bicyclic) bond motifs is 1. The molecule has 4 N–H and O–H groups in total. The Morgan fingerprint density at radius 2 is 2.26 bits per heavy atom. The number of ether oxygens (including phenoxy) is 1. The van der Waals surface area contributed by atoms with Crippen LogP contribution in [0.2, 0.25) is 0 Å². The molecule has 19 heavy (non-hydrogen) atoms. The second-order valence-electron chi connectivity index (χ2n) is 4.47. The maximum atomic E-state index is 11.9. The smallest absolute Gasteiger partial charge is 0.265 e. The van der Waals surface area contributed by atoms with E-state index < -0.39 is 6.10 Å². The molecule has 0 fully saturated rings. The summed E-state index contributed by atoms with van der Waals surface area (Å²) >= 11 is 0. The van der Waals surface area contributed by atoms with Crippen molar-refractivity contribution in [2.24, 2.45) is 5.73 Å². The summed E-state index contributed by atoms with van der Waals surface area (Å²) in [5, 5.41) is 18.4. The third-order valence-corrected chi connectivity index (χ3v) is 3.00. The fourth-order valence-electron chi connectivity index (χ4n) is 2.04. The van der Waals surface area contributed by atoms with Crippen LogP contribution in [-0.2, 0) is 11.2 Å². The fourth-order valence-corrected chi connectivity index (χ4v) is 2.04. The Kier molecular flexibility index (Phi) is 4.36. The zero-order chi connectivity index (χ0) is 13.8. The second-order valence-corrected chi connectivity index (χ2v) is 4.47. The standard InChI is InChI=1S/C13H18N2O4/c14-4-3-9-1-2-12-11(5-9)15(6-10(17)7-16)13(18)8-19-12/h1-2,5,10,16-17H,3-4,6-8,14H2. The van der Waals surface area contributed by atoms with Gasteiger partial charge in [-0.15, -0.1) is 0 Å². The summed E-state index contributed by atoms with van der Waals surface area (Å²) in [5.74, 6) is 0.371. The summed E-state index contributed by atoms with van der Waals surface area (Å²) in [7, 11) is 0. The molecular formula is C13H18N2O4. The molecule has 1 aliphatic rings. The van der Waals surface area contributed by atoms with Gasteiger partial charge in [0.05, 0.1) is 24.9 Å². The Morgan fingerprint density at radius 1 is 1.47 bits per heavy atom. The quantitative estimate of drug-likeness (QED) is 0.653. The third-order valence-electron chi connectivity index (χ3n) is 3.00. The van der Waals surface area contributed by atoms with Crippen molar-refractivity contribution in [1.29, 1.82) is 0 Å². The largest absolute Gasteiger partial charge is 0.482 e. The lowest BCUT2D eigenvalue weighted by Gasteiger charge is -2.31. The van der Waals surface area contributed by atoms with E-state index in [0.29, 0.717) is 24.4 Å². The molecule has 104 valence electrons. The molecule has 1 heterocycles. The number of nitrogens with zero attached hydrogens (tertiary/aromatic N) is 1. The molecule has 0 aromatic heterocycles. The van der Waals surface area contributed by atoms with Gasteiger partial charge in [0.25, 0.3) is 5.91 Å². The molecule has 0 bridgehead atoms. The van der Waals surface area contributed by atoms with E-state index in [1.54, 1.807) is 6.07 Å². The van der Waals surface area contributed by atoms with Crippen molar-refractivity contribution >= 4 is 11.6 Å². The molecule has 0 radical (unpaired) electrons. The lowest BCUT2D eigenvalue weighted by molar-refractivity contribution is -0.121. The molecule has 1 aromatic carbocycles. The number of aliphatic hydroxyl groups is 2. The minimum Gasteiger partial charge on any atom is -0.482 e. The van der Waals surface area contributed by atoms with Crippen molar-refractivity contribution in [3.8, 4) is 5.75 Å². The van der Waals surface area contributed by atoms with Gasteiger partial charge < -0.3 is 25.6 Å². The summed E-state index contributed by atoms with van der Waals surface area (Å²) in [5.41, 5.74) is 7.14. The van der Waals surface area contributed by atoms with E-state index in [-0.39, 0.29) is 25.7 Å². The molecule has 1 atom stereocenters. The Morgan fingerprint density at radius 3 is 2.95 bits per heavy atom.